The summed E-state index contributed by atoms with van der Waals surface area (Å²) in [5, 5.41) is 3.57. The van der Waals surface area contributed by atoms with Gasteiger partial charge in [-0.05, 0) is 18.4 Å². The van der Waals surface area contributed by atoms with E-state index in [1.807, 2.05) is 13.0 Å². The lowest BCUT2D eigenvalue weighted by molar-refractivity contribution is -0.115. The van der Waals surface area contributed by atoms with Gasteiger partial charge < -0.3 is 5.32 Å². The third-order valence-corrected chi connectivity index (χ3v) is 4.19. The summed E-state index contributed by atoms with van der Waals surface area (Å²) in [5.74, 6) is 0.0226. The molecule has 3 nitrogen and oxygen atoms in total. The smallest absolute Gasteiger partial charge is 0.225 e. The fourth-order valence-corrected chi connectivity index (χ4v) is 3.20. The van der Waals surface area contributed by atoms with Gasteiger partial charge in [-0.3, -0.25) is 4.79 Å². The maximum absolute atomic E-state index is 11.4. The van der Waals surface area contributed by atoms with E-state index in [9.17, 15) is 4.79 Å². The molecular formula is C14H14N2OS. The van der Waals surface area contributed by atoms with Gasteiger partial charge in [0.05, 0.1) is 5.69 Å². The molecule has 1 aliphatic carbocycles. The van der Waals surface area contributed by atoms with Crippen molar-refractivity contribution < 1.29 is 4.79 Å². The van der Waals surface area contributed by atoms with Crippen LogP contribution >= 0.6 is 11.3 Å². The van der Waals surface area contributed by atoms with E-state index in [1.54, 1.807) is 11.3 Å². The van der Waals surface area contributed by atoms with Gasteiger partial charge in [0, 0.05) is 16.9 Å². The highest BCUT2D eigenvalue weighted by Gasteiger charge is 2.20. The minimum Gasteiger partial charge on any atom is -0.302 e. The second kappa shape index (κ2) is 4.53. The fourth-order valence-electron chi connectivity index (χ4n) is 2.21. The van der Waals surface area contributed by atoms with E-state index >= 15 is 0 Å². The van der Waals surface area contributed by atoms with Gasteiger partial charge >= 0.3 is 0 Å². The molecule has 0 aliphatic heterocycles. The third-order valence-electron chi connectivity index (χ3n) is 3.16. The largest absolute Gasteiger partial charge is 0.302 e. The van der Waals surface area contributed by atoms with E-state index in [0.29, 0.717) is 6.42 Å². The number of carbonyl (C=O) groups excluding carboxylic acids is 1. The van der Waals surface area contributed by atoms with Crippen LogP contribution in [0, 0.1) is 0 Å². The first kappa shape index (κ1) is 11.4. The minimum absolute atomic E-state index is 0.0226. The lowest BCUT2D eigenvalue weighted by Crippen LogP contribution is -2.08. The first-order chi connectivity index (χ1) is 8.78. The van der Waals surface area contributed by atoms with Gasteiger partial charge in [0.25, 0.3) is 0 Å². The summed E-state index contributed by atoms with van der Waals surface area (Å²) < 4.78 is 0. The van der Waals surface area contributed by atoms with Gasteiger partial charge in [0.1, 0.15) is 0 Å². The summed E-state index contributed by atoms with van der Waals surface area (Å²) in [7, 11) is 0. The van der Waals surface area contributed by atoms with E-state index in [4.69, 9.17) is 0 Å². The lowest BCUT2D eigenvalue weighted by atomic mass is 9.94. The van der Waals surface area contributed by atoms with Crippen LogP contribution in [0.5, 0.6) is 0 Å². The Morgan fingerprint density at radius 3 is 3.06 bits per heavy atom. The van der Waals surface area contributed by atoms with E-state index in [0.717, 1.165) is 23.7 Å². The standard InChI is InChI=1S/C14H14N2OS/c1-2-12(17)15-14-16-13-10-6-4-3-5-9(10)7-8-11(13)18-14/h3-6H,2,7-8H2,1H3,(H,15,16,17). The number of nitrogens with zero attached hydrogens (tertiary/aromatic N) is 1. The number of aryl methyl sites for hydroxylation is 2. The van der Waals surface area contributed by atoms with Gasteiger partial charge in [0.2, 0.25) is 5.91 Å². The number of hydrogen-bond donors (Lipinski definition) is 1. The number of anilines is 1. The fraction of sp³-hybridized carbons (Fsp3) is 0.286. The number of carbonyl (C=O) groups is 1. The van der Waals surface area contributed by atoms with Gasteiger partial charge in [-0.25, -0.2) is 4.98 Å². The van der Waals surface area contributed by atoms with Crippen LogP contribution in [0.15, 0.2) is 24.3 Å². The highest BCUT2D eigenvalue weighted by atomic mass is 32.1. The Bertz CT molecular complexity index is 604. The molecule has 0 spiro atoms. The van der Waals surface area contributed by atoms with Crippen LogP contribution in [-0.2, 0) is 17.6 Å². The Hall–Kier alpha value is -1.68. The number of rotatable bonds is 2. The second-order valence-corrected chi connectivity index (χ2v) is 5.43. The van der Waals surface area contributed by atoms with E-state index in [2.05, 4.69) is 28.5 Å². The molecule has 3 rings (SSSR count). The molecule has 2 aromatic rings. The molecule has 1 aromatic heterocycles. The number of thiazole rings is 1. The number of benzene rings is 1. The lowest BCUT2D eigenvalue weighted by Gasteiger charge is -2.13. The van der Waals surface area contributed by atoms with Crippen molar-refractivity contribution in [2.45, 2.75) is 26.2 Å². The van der Waals surface area contributed by atoms with Gasteiger partial charge in [-0.1, -0.05) is 31.2 Å². The Morgan fingerprint density at radius 1 is 1.39 bits per heavy atom. The van der Waals surface area contributed by atoms with Crippen molar-refractivity contribution in [2.24, 2.45) is 0 Å². The Morgan fingerprint density at radius 2 is 2.22 bits per heavy atom. The van der Waals surface area contributed by atoms with Crippen LogP contribution in [0.3, 0.4) is 0 Å². The predicted octanol–water partition coefficient (Wildman–Crippen LogP) is 3.26. The molecule has 0 bridgehead atoms. The molecule has 0 saturated carbocycles. The van der Waals surface area contributed by atoms with Crippen LogP contribution in [0.25, 0.3) is 11.3 Å². The summed E-state index contributed by atoms with van der Waals surface area (Å²) in [6, 6.07) is 8.37. The molecular weight excluding hydrogens is 244 g/mol. The average Bonchev–Trinajstić information content (AvgIpc) is 2.81. The summed E-state index contributed by atoms with van der Waals surface area (Å²) in [4.78, 5) is 17.2. The molecule has 92 valence electrons. The summed E-state index contributed by atoms with van der Waals surface area (Å²) >= 11 is 1.60. The predicted molar refractivity (Wildman–Crippen MR) is 73.9 cm³/mol. The van der Waals surface area contributed by atoms with Crippen molar-refractivity contribution in [1.82, 2.24) is 4.98 Å². The van der Waals surface area contributed by atoms with Crippen molar-refractivity contribution in [1.29, 1.82) is 0 Å². The van der Waals surface area contributed by atoms with E-state index in [-0.39, 0.29) is 5.91 Å². The summed E-state index contributed by atoms with van der Waals surface area (Å²) in [6.45, 7) is 1.85. The normalized spacial score (nSPS) is 12.7. The van der Waals surface area contributed by atoms with E-state index < -0.39 is 0 Å². The molecule has 0 radical (unpaired) electrons. The third kappa shape index (κ3) is 1.93. The first-order valence-corrected chi connectivity index (χ1v) is 6.97. The zero-order chi connectivity index (χ0) is 12.5. The Kier molecular flexibility index (Phi) is 2.88. The topological polar surface area (TPSA) is 42.0 Å². The van der Waals surface area contributed by atoms with E-state index in [1.165, 1.54) is 16.0 Å². The van der Waals surface area contributed by atoms with Gasteiger partial charge in [0.15, 0.2) is 5.13 Å². The molecule has 1 aliphatic rings. The summed E-state index contributed by atoms with van der Waals surface area (Å²) in [5.41, 5.74) is 3.61. The molecule has 0 fully saturated rings. The van der Waals surface area contributed by atoms with Crippen LogP contribution in [-0.4, -0.2) is 10.9 Å². The van der Waals surface area contributed by atoms with Gasteiger partial charge in [-0.2, -0.15) is 0 Å². The molecule has 1 aromatic carbocycles. The zero-order valence-corrected chi connectivity index (χ0v) is 11.0. The monoisotopic (exact) mass is 258 g/mol. The summed E-state index contributed by atoms with van der Waals surface area (Å²) in [6.07, 6.45) is 2.57. The molecule has 1 amide bonds. The second-order valence-electron chi connectivity index (χ2n) is 4.35. The van der Waals surface area contributed by atoms with Crippen molar-refractivity contribution in [3.63, 3.8) is 0 Å². The molecule has 1 heterocycles. The number of hydrogen-bond acceptors (Lipinski definition) is 3. The Labute approximate surface area is 110 Å². The van der Waals surface area contributed by atoms with Crippen molar-refractivity contribution in [3.8, 4) is 11.3 Å². The van der Waals surface area contributed by atoms with Crippen LogP contribution in [0.4, 0.5) is 5.13 Å². The first-order valence-electron chi connectivity index (χ1n) is 6.15. The highest BCUT2D eigenvalue weighted by Crippen LogP contribution is 2.37. The molecule has 1 N–H and O–H groups in total. The number of amides is 1. The van der Waals surface area contributed by atoms with Crippen LogP contribution in [0.1, 0.15) is 23.8 Å². The highest BCUT2D eigenvalue weighted by molar-refractivity contribution is 7.16. The quantitative estimate of drug-likeness (QED) is 0.898. The van der Waals surface area contributed by atoms with Crippen LogP contribution < -0.4 is 5.32 Å². The number of fused-ring (bicyclic) bond motifs is 3. The minimum atomic E-state index is 0.0226. The Balaban J connectivity index is 1.99. The maximum atomic E-state index is 11.4. The molecule has 4 heteroatoms. The van der Waals surface area contributed by atoms with Gasteiger partial charge in [-0.15, -0.1) is 11.3 Å². The molecule has 0 atom stereocenters. The molecule has 18 heavy (non-hydrogen) atoms. The maximum Gasteiger partial charge on any atom is 0.225 e. The van der Waals surface area contributed by atoms with Crippen LogP contribution in [0.2, 0.25) is 0 Å². The van der Waals surface area contributed by atoms with Crippen molar-refractivity contribution in [2.75, 3.05) is 5.32 Å². The average molecular weight is 258 g/mol. The number of nitrogens with one attached hydrogen (secondary N) is 1. The van der Waals surface area contributed by atoms with Crippen molar-refractivity contribution >= 4 is 22.4 Å². The molecule has 0 saturated heterocycles. The van der Waals surface area contributed by atoms with Crippen molar-refractivity contribution in [3.05, 3.63) is 34.7 Å². The molecule has 0 unspecified atom stereocenters. The number of aromatic nitrogens is 1. The zero-order valence-electron chi connectivity index (χ0n) is 10.2. The SMILES string of the molecule is CCC(=O)Nc1nc2c(s1)CCc1ccccc1-2.